The van der Waals surface area contributed by atoms with E-state index in [1.807, 2.05) is 60.7 Å². The highest BCUT2D eigenvalue weighted by Gasteiger charge is 2.30. The fraction of sp³-hybridized carbons (Fsp3) is 0.0800. The first kappa shape index (κ1) is 23.7. The molecule has 9 nitrogen and oxygen atoms in total. The number of hydrogen-bond acceptors (Lipinski definition) is 6. The molecule has 0 radical (unpaired) electrons. The van der Waals surface area contributed by atoms with E-state index < -0.39 is 22.6 Å². The Kier molecular flexibility index (Phi) is 7.18. The summed E-state index contributed by atoms with van der Waals surface area (Å²) in [4.78, 5) is 32.6. The van der Waals surface area contributed by atoms with E-state index in [-0.39, 0.29) is 18.3 Å². The summed E-state index contributed by atoms with van der Waals surface area (Å²) in [5.41, 5.74) is 1.79. The molecule has 35 heavy (non-hydrogen) atoms. The zero-order chi connectivity index (χ0) is 24.8. The van der Waals surface area contributed by atoms with Crippen LogP contribution in [-0.2, 0) is 0 Å². The van der Waals surface area contributed by atoms with E-state index in [1.54, 1.807) is 24.3 Å². The molecule has 0 aliphatic carbocycles. The number of benzene rings is 3. The predicted molar refractivity (Wildman–Crippen MR) is 134 cm³/mol. The summed E-state index contributed by atoms with van der Waals surface area (Å²) in [6, 6.07) is 25.4. The second-order valence-electron chi connectivity index (χ2n) is 7.56. The van der Waals surface area contributed by atoms with Gasteiger partial charge in [-0.15, -0.1) is 0 Å². The fourth-order valence-electron chi connectivity index (χ4n) is 3.63. The van der Waals surface area contributed by atoms with Crippen LogP contribution in [0.15, 0.2) is 91.1 Å². The maximum Gasteiger partial charge on any atom is 0.413 e. The third-order valence-electron chi connectivity index (χ3n) is 5.30. The Morgan fingerprint density at radius 1 is 1.00 bits per heavy atom. The van der Waals surface area contributed by atoms with E-state index in [0.717, 1.165) is 22.2 Å². The van der Waals surface area contributed by atoms with Crippen molar-refractivity contribution in [2.45, 2.75) is 5.92 Å². The van der Waals surface area contributed by atoms with Crippen LogP contribution in [0.5, 0.6) is 0 Å². The van der Waals surface area contributed by atoms with Crippen molar-refractivity contribution in [3.63, 3.8) is 0 Å². The van der Waals surface area contributed by atoms with Crippen molar-refractivity contribution < 1.29 is 14.8 Å². The molecule has 0 fully saturated rings. The van der Waals surface area contributed by atoms with Gasteiger partial charge in [0.25, 0.3) is 0 Å². The predicted octanol–water partition coefficient (Wildman–Crippen LogP) is 6.10. The van der Waals surface area contributed by atoms with Crippen molar-refractivity contribution in [2.75, 3.05) is 16.8 Å². The standard InChI is InChI=1S/C25H20ClN5O4/c26-19-11-13-20(14-12-19)28-24-27-15-22(31(34)35)23(29-24)30(25(32)33)16-21(17-7-3-1-4-8-17)18-9-5-2-6-10-18/h1-15,21H,16H2,(H,32,33)(H,27,28,29). The minimum atomic E-state index is -1.37. The molecular formula is C25H20ClN5O4. The molecule has 0 aliphatic rings. The SMILES string of the molecule is O=C(O)N(CC(c1ccccc1)c1ccccc1)c1nc(Nc2ccc(Cl)cc2)ncc1[N+](=O)[O-]. The fourth-order valence-corrected chi connectivity index (χ4v) is 3.75. The van der Waals surface area contributed by atoms with Crippen molar-refractivity contribution in [2.24, 2.45) is 0 Å². The van der Waals surface area contributed by atoms with Gasteiger partial charge in [-0.1, -0.05) is 72.3 Å². The Morgan fingerprint density at radius 2 is 1.57 bits per heavy atom. The van der Waals surface area contributed by atoms with Crippen LogP contribution in [0.2, 0.25) is 5.02 Å². The molecule has 4 aromatic rings. The van der Waals surface area contributed by atoms with Gasteiger partial charge in [0.05, 0.1) is 4.92 Å². The van der Waals surface area contributed by atoms with Gasteiger partial charge in [-0.25, -0.2) is 9.78 Å². The molecule has 0 saturated carbocycles. The van der Waals surface area contributed by atoms with E-state index in [1.165, 1.54) is 0 Å². The molecule has 1 heterocycles. The summed E-state index contributed by atoms with van der Waals surface area (Å²) in [6.07, 6.45) is -0.377. The number of aromatic nitrogens is 2. The molecule has 0 spiro atoms. The van der Waals surface area contributed by atoms with Crippen LogP contribution in [0.25, 0.3) is 0 Å². The lowest BCUT2D eigenvalue weighted by Crippen LogP contribution is -2.35. The molecule has 1 amide bonds. The van der Waals surface area contributed by atoms with Gasteiger partial charge in [-0.05, 0) is 35.4 Å². The van der Waals surface area contributed by atoms with Crippen LogP contribution in [0, 0.1) is 10.1 Å². The van der Waals surface area contributed by atoms with Crippen LogP contribution in [-0.4, -0.2) is 32.6 Å². The van der Waals surface area contributed by atoms with Crippen LogP contribution < -0.4 is 10.2 Å². The second-order valence-corrected chi connectivity index (χ2v) is 8.00. The Labute approximate surface area is 205 Å². The van der Waals surface area contributed by atoms with Gasteiger partial charge in [0.1, 0.15) is 6.20 Å². The smallest absolute Gasteiger partial charge is 0.413 e. The summed E-state index contributed by atoms with van der Waals surface area (Å²) in [7, 11) is 0. The molecule has 0 atom stereocenters. The molecule has 10 heteroatoms. The van der Waals surface area contributed by atoms with Crippen LogP contribution in [0.4, 0.5) is 27.9 Å². The van der Waals surface area contributed by atoms with E-state index in [2.05, 4.69) is 15.3 Å². The number of hydrogen-bond donors (Lipinski definition) is 2. The Hall–Kier alpha value is -4.50. The number of carbonyl (C=O) groups is 1. The molecule has 3 aromatic carbocycles. The zero-order valence-electron chi connectivity index (χ0n) is 18.3. The number of nitrogens with zero attached hydrogens (tertiary/aromatic N) is 4. The lowest BCUT2D eigenvalue weighted by Gasteiger charge is -2.25. The molecule has 1 aromatic heterocycles. The van der Waals surface area contributed by atoms with E-state index in [4.69, 9.17) is 11.6 Å². The highest BCUT2D eigenvalue weighted by molar-refractivity contribution is 6.30. The minimum absolute atomic E-state index is 0.00939. The van der Waals surface area contributed by atoms with Gasteiger partial charge in [-0.3, -0.25) is 15.0 Å². The largest absolute Gasteiger partial charge is 0.465 e. The third-order valence-corrected chi connectivity index (χ3v) is 5.55. The minimum Gasteiger partial charge on any atom is -0.465 e. The van der Waals surface area contributed by atoms with Crippen LogP contribution in [0.3, 0.4) is 0 Å². The molecule has 0 saturated heterocycles. The maximum atomic E-state index is 12.4. The molecule has 0 unspecified atom stereocenters. The van der Waals surface area contributed by atoms with Crippen molar-refractivity contribution >= 4 is 40.8 Å². The summed E-state index contributed by atoms with van der Waals surface area (Å²) in [5.74, 6) is -0.711. The first-order valence-electron chi connectivity index (χ1n) is 10.6. The van der Waals surface area contributed by atoms with Gasteiger partial charge in [0, 0.05) is 23.2 Å². The Bertz CT molecular complexity index is 1280. The number of anilines is 3. The van der Waals surface area contributed by atoms with Crippen molar-refractivity contribution in [1.82, 2.24) is 9.97 Å². The quantitative estimate of drug-likeness (QED) is 0.226. The molecule has 0 bridgehead atoms. The normalized spacial score (nSPS) is 10.7. The lowest BCUT2D eigenvalue weighted by atomic mass is 9.91. The first-order valence-corrected chi connectivity index (χ1v) is 10.9. The average molecular weight is 490 g/mol. The number of amides is 1. The summed E-state index contributed by atoms with van der Waals surface area (Å²) >= 11 is 5.92. The lowest BCUT2D eigenvalue weighted by molar-refractivity contribution is -0.384. The summed E-state index contributed by atoms with van der Waals surface area (Å²) < 4.78 is 0. The van der Waals surface area contributed by atoms with Gasteiger partial charge >= 0.3 is 11.8 Å². The number of halogens is 1. The highest BCUT2D eigenvalue weighted by Crippen LogP contribution is 2.32. The summed E-state index contributed by atoms with van der Waals surface area (Å²) in [6.45, 7) is -0.0956. The number of nitrogens with one attached hydrogen (secondary N) is 1. The average Bonchev–Trinajstić information content (AvgIpc) is 2.87. The number of rotatable bonds is 8. The van der Waals surface area contributed by atoms with Crippen LogP contribution in [0.1, 0.15) is 17.0 Å². The monoisotopic (exact) mass is 489 g/mol. The van der Waals surface area contributed by atoms with Gasteiger partial charge < -0.3 is 10.4 Å². The maximum absolute atomic E-state index is 12.4. The number of carboxylic acid groups (broad SMARTS) is 1. The van der Waals surface area contributed by atoms with Gasteiger partial charge in [0.15, 0.2) is 0 Å². The van der Waals surface area contributed by atoms with Crippen molar-refractivity contribution in [3.8, 4) is 0 Å². The van der Waals surface area contributed by atoms with Crippen molar-refractivity contribution in [1.29, 1.82) is 0 Å². The first-order chi connectivity index (χ1) is 16.9. The third kappa shape index (κ3) is 5.71. The van der Waals surface area contributed by atoms with E-state index in [0.29, 0.717) is 10.7 Å². The van der Waals surface area contributed by atoms with Crippen molar-refractivity contribution in [3.05, 3.63) is 117 Å². The molecule has 176 valence electrons. The topological polar surface area (TPSA) is 121 Å². The molecule has 2 N–H and O–H groups in total. The molecular weight excluding hydrogens is 470 g/mol. The van der Waals surface area contributed by atoms with Crippen LogP contribution >= 0.6 is 11.6 Å². The van der Waals surface area contributed by atoms with Gasteiger partial charge in [-0.2, -0.15) is 4.98 Å². The molecule has 4 rings (SSSR count). The van der Waals surface area contributed by atoms with E-state index >= 15 is 0 Å². The number of nitro groups is 1. The Morgan fingerprint density at radius 3 is 2.09 bits per heavy atom. The second kappa shape index (κ2) is 10.6. The van der Waals surface area contributed by atoms with E-state index in [9.17, 15) is 20.0 Å². The summed E-state index contributed by atoms with van der Waals surface area (Å²) in [5, 5.41) is 25.3. The Balaban J connectivity index is 1.75. The zero-order valence-corrected chi connectivity index (χ0v) is 19.0. The van der Waals surface area contributed by atoms with Gasteiger partial charge in [0.2, 0.25) is 11.8 Å². The highest BCUT2D eigenvalue weighted by atomic mass is 35.5. The molecule has 0 aliphatic heterocycles.